The number of rotatable bonds is 5. The Morgan fingerprint density at radius 3 is 2.42 bits per heavy atom. The average Bonchev–Trinajstić information content (AvgIpc) is 3.30. The lowest BCUT2D eigenvalue weighted by Crippen LogP contribution is -2.38. The molecule has 1 aromatic carbocycles. The van der Waals surface area contributed by atoms with Crippen LogP contribution in [0.3, 0.4) is 0 Å². The molecule has 8 nitrogen and oxygen atoms in total. The number of carboxylic acids is 1. The second-order valence-corrected chi connectivity index (χ2v) is 11.8. The van der Waals surface area contributed by atoms with Gasteiger partial charge in [0.1, 0.15) is 12.0 Å². The van der Waals surface area contributed by atoms with Crippen molar-refractivity contribution >= 4 is 22.2 Å². The number of nitrogens with zero attached hydrogens (tertiary/aromatic N) is 4. The maximum absolute atomic E-state index is 14.1. The number of benzene rings is 1. The highest BCUT2D eigenvalue weighted by Crippen LogP contribution is 2.44. The summed E-state index contributed by atoms with van der Waals surface area (Å²) < 4.78 is 48.8. The molecule has 192 valence electrons. The fourth-order valence-corrected chi connectivity index (χ4v) is 6.29. The summed E-state index contributed by atoms with van der Waals surface area (Å²) in [4.78, 5) is 18.2. The summed E-state index contributed by atoms with van der Waals surface area (Å²) in [5, 5.41) is 14.5. The van der Waals surface area contributed by atoms with E-state index in [0.717, 1.165) is 17.4 Å². The van der Waals surface area contributed by atoms with Crippen LogP contribution in [0.25, 0.3) is 16.9 Å². The fraction of sp³-hybridized carbons (Fsp3) is 0.400. The molecule has 0 bridgehead atoms. The minimum Gasteiger partial charge on any atom is -0.481 e. The molecule has 3 aromatic rings. The smallest absolute Gasteiger partial charge is 0.307 e. The number of carbonyl (C=O) groups is 1. The van der Waals surface area contributed by atoms with Gasteiger partial charge >= 0.3 is 5.97 Å². The molecule has 36 heavy (non-hydrogen) atoms. The Kier molecular flexibility index (Phi) is 6.71. The van der Waals surface area contributed by atoms with Crippen molar-refractivity contribution < 1.29 is 27.8 Å². The largest absolute Gasteiger partial charge is 0.481 e. The first-order chi connectivity index (χ1) is 17.2. The minimum absolute atomic E-state index is 0.0613. The predicted molar refractivity (Wildman–Crippen MR) is 134 cm³/mol. The summed E-state index contributed by atoms with van der Waals surface area (Å²) in [7, 11) is -2.49. The quantitative estimate of drug-likeness (QED) is 0.438. The Hall–Kier alpha value is -3.02. The van der Waals surface area contributed by atoms with E-state index in [1.54, 1.807) is 6.20 Å². The lowest BCUT2D eigenvalue weighted by molar-refractivity contribution is -0.144. The van der Waals surface area contributed by atoms with Crippen LogP contribution in [0.2, 0.25) is 0 Å². The van der Waals surface area contributed by atoms with Crippen molar-refractivity contribution in [3.05, 3.63) is 60.3 Å². The Bertz CT molecular complexity index is 1230. The first-order valence-corrected chi connectivity index (χ1v) is 13.8. The number of hydrogen-bond donors (Lipinski definition) is 3. The van der Waals surface area contributed by atoms with E-state index in [0.29, 0.717) is 48.1 Å². The van der Waals surface area contributed by atoms with E-state index < -0.39 is 40.4 Å². The van der Waals surface area contributed by atoms with Crippen molar-refractivity contribution in [1.82, 2.24) is 14.8 Å². The number of halogens is 2. The van der Waals surface area contributed by atoms with Gasteiger partial charge in [-0.25, -0.2) is 18.4 Å². The Labute approximate surface area is 208 Å². The summed E-state index contributed by atoms with van der Waals surface area (Å²) in [6.07, 6.45) is 2.25. The summed E-state index contributed by atoms with van der Waals surface area (Å²) >= 11 is 0. The zero-order chi connectivity index (χ0) is 25.4. The molecule has 0 radical (unpaired) electrons. The highest BCUT2D eigenvalue weighted by molar-refractivity contribution is 8.24. The van der Waals surface area contributed by atoms with Gasteiger partial charge < -0.3 is 10.0 Å². The first-order valence-electron chi connectivity index (χ1n) is 11.9. The van der Waals surface area contributed by atoms with Crippen LogP contribution in [0.4, 0.5) is 14.5 Å². The van der Waals surface area contributed by atoms with Gasteiger partial charge in [-0.05, 0) is 49.1 Å². The van der Waals surface area contributed by atoms with Crippen molar-refractivity contribution in [2.75, 3.05) is 29.5 Å². The number of pyridine rings is 1. The molecule has 11 heteroatoms. The van der Waals surface area contributed by atoms with Crippen LogP contribution in [0.15, 0.2) is 48.8 Å². The number of aliphatic carboxylic acids is 1. The Morgan fingerprint density at radius 2 is 1.78 bits per heavy atom. The van der Waals surface area contributed by atoms with Crippen molar-refractivity contribution in [2.24, 2.45) is 5.92 Å². The number of anilines is 1. The minimum atomic E-state index is -2.49. The molecule has 1 aliphatic heterocycles. The van der Waals surface area contributed by atoms with Crippen molar-refractivity contribution in [1.29, 1.82) is 0 Å². The van der Waals surface area contributed by atoms with E-state index in [9.17, 15) is 27.8 Å². The molecule has 5 rings (SSSR count). The third-order valence-electron chi connectivity index (χ3n) is 7.06. The molecule has 2 aliphatic rings. The van der Waals surface area contributed by atoms with Crippen LogP contribution >= 0.6 is 10.6 Å². The molecular weight excluding hydrogens is 490 g/mol. The first kappa shape index (κ1) is 24.7. The van der Waals surface area contributed by atoms with Crippen molar-refractivity contribution in [3.8, 4) is 16.9 Å². The van der Waals surface area contributed by atoms with E-state index in [-0.39, 0.29) is 12.8 Å². The third-order valence-corrected chi connectivity index (χ3v) is 8.74. The number of alkyl halides is 1. The van der Waals surface area contributed by atoms with Gasteiger partial charge in [0.15, 0.2) is 5.82 Å². The van der Waals surface area contributed by atoms with Gasteiger partial charge in [-0.1, -0.05) is 12.1 Å². The molecule has 1 saturated carbocycles. The Balaban J connectivity index is 1.51. The van der Waals surface area contributed by atoms with Gasteiger partial charge in [-0.3, -0.25) is 13.9 Å². The van der Waals surface area contributed by atoms with Gasteiger partial charge in [0, 0.05) is 36.5 Å². The normalized spacial score (nSPS) is 24.9. The van der Waals surface area contributed by atoms with E-state index >= 15 is 0 Å². The lowest BCUT2D eigenvalue weighted by Gasteiger charge is -2.41. The average molecular weight is 519 g/mol. The lowest BCUT2D eigenvalue weighted by atomic mass is 9.75. The number of aromatic nitrogens is 3. The van der Waals surface area contributed by atoms with Gasteiger partial charge in [0.25, 0.3) is 0 Å². The van der Waals surface area contributed by atoms with Crippen LogP contribution in [-0.4, -0.2) is 65.7 Å². The van der Waals surface area contributed by atoms with E-state index in [4.69, 9.17) is 0 Å². The molecule has 1 saturated heterocycles. The van der Waals surface area contributed by atoms with Crippen molar-refractivity contribution in [2.45, 2.75) is 31.4 Å². The molecule has 3 N–H and O–H groups in total. The van der Waals surface area contributed by atoms with E-state index in [2.05, 4.69) is 15.0 Å². The van der Waals surface area contributed by atoms with E-state index in [1.165, 1.54) is 16.8 Å². The predicted octanol–water partition coefficient (Wildman–Crippen LogP) is 4.95. The van der Waals surface area contributed by atoms with E-state index in [1.807, 2.05) is 24.3 Å². The standard InChI is InChI=1S/C25H28F2N4O4S/c26-17-3-7-20(21(13-17)25(32)33)24-22(15-31(29-24)23-8-4-18(27)14-28-23)16-1-5-19(6-2-16)30-9-11-36(34,35)12-10-30/h1-2,4-6,8,14-15,17,20-21,34-35H,3,7,9-13H2,(H,32,33). The van der Waals surface area contributed by atoms with Crippen LogP contribution in [0, 0.1) is 11.7 Å². The molecule has 3 heterocycles. The van der Waals surface area contributed by atoms with Gasteiger partial charge in [-0.15, -0.1) is 0 Å². The zero-order valence-corrected chi connectivity index (χ0v) is 20.3. The maximum Gasteiger partial charge on any atom is 0.307 e. The van der Waals surface area contributed by atoms with Crippen LogP contribution in [-0.2, 0) is 4.79 Å². The topological polar surface area (TPSA) is 112 Å². The van der Waals surface area contributed by atoms with Gasteiger partial charge in [0.2, 0.25) is 0 Å². The van der Waals surface area contributed by atoms with Crippen molar-refractivity contribution in [3.63, 3.8) is 0 Å². The highest BCUT2D eigenvalue weighted by Gasteiger charge is 2.39. The highest BCUT2D eigenvalue weighted by atomic mass is 32.3. The van der Waals surface area contributed by atoms with Crippen LogP contribution in [0.1, 0.15) is 30.9 Å². The summed E-state index contributed by atoms with van der Waals surface area (Å²) in [5.41, 5.74) is 3.04. The second kappa shape index (κ2) is 9.79. The SMILES string of the molecule is O=C(O)C1CC(F)CCC1c1nn(-c2ccc(F)cn2)cc1-c1ccc(N2CCS(O)(O)CC2)cc1. The molecule has 2 aromatic heterocycles. The summed E-state index contributed by atoms with van der Waals surface area (Å²) in [5.74, 6) is -1.84. The molecule has 0 spiro atoms. The number of hydrogen-bond acceptors (Lipinski definition) is 6. The monoisotopic (exact) mass is 518 g/mol. The molecule has 3 unspecified atom stereocenters. The summed E-state index contributed by atoms with van der Waals surface area (Å²) in [6, 6.07) is 10.5. The third kappa shape index (κ3) is 5.09. The maximum atomic E-state index is 14.1. The number of carboxylic acid groups (broad SMARTS) is 1. The second-order valence-electron chi connectivity index (χ2n) is 9.41. The Morgan fingerprint density at radius 1 is 1.06 bits per heavy atom. The molecule has 0 amide bonds. The van der Waals surface area contributed by atoms with Gasteiger partial charge in [0.05, 0.1) is 29.3 Å². The zero-order valence-electron chi connectivity index (χ0n) is 19.5. The van der Waals surface area contributed by atoms with Crippen LogP contribution < -0.4 is 4.90 Å². The summed E-state index contributed by atoms with van der Waals surface area (Å²) in [6.45, 7) is 1.10. The molecule has 2 fully saturated rings. The molecule has 1 aliphatic carbocycles. The van der Waals surface area contributed by atoms with Crippen LogP contribution in [0.5, 0.6) is 0 Å². The molecular formula is C25H28F2N4O4S. The van der Waals surface area contributed by atoms with Gasteiger partial charge in [-0.2, -0.15) is 15.7 Å². The fourth-order valence-electron chi connectivity index (χ4n) is 5.06. The molecule has 3 atom stereocenters.